The first-order chi connectivity index (χ1) is 5.34. The second-order valence-corrected chi connectivity index (χ2v) is 4.19. The van der Waals surface area contributed by atoms with Gasteiger partial charge in [0.1, 0.15) is 5.78 Å². The molecule has 2 saturated carbocycles. The van der Waals surface area contributed by atoms with E-state index in [0.29, 0.717) is 23.0 Å². The van der Waals surface area contributed by atoms with Gasteiger partial charge in [0.15, 0.2) is 0 Å². The maximum absolute atomic E-state index is 11.5. The van der Waals surface area contributed by atoms with Crippen LogP contribution in [0.1, 0.15) is 25.7 Å². The average Bonchev–Trinajstić information content (AvgIpc) is 2.56. The highest BCUT2D eigenvalue weighted by Gasteiger charge is 2.63. The van der Waals surface area contributed by atoms with Crippen LogP contribution in [0.5, 0.6) is 0 Å². The zero-order chi connectivity index (χ0) is 7.47. The molecule has 3 aliphatic rings. The van der Waals surface area contributed by atoms with Crippen LogP contribution in [-0.2, 0) is 4.79 Å². The fourth-order valence-electron chi connectivity index (χ4n) is 3.38. The minimum Gasteiger partial charge on any atom is -0.299 e. The van der Waals surface area contributed by atoms with Crippen molar-refractivity contribution in [1.29, 1.82) is 0 Å². The number of allylic oxidation sites excluding steroid dienone is 2. The summed E-state index contributed by atoms with van der Waals surface area (Å²) in [5.41, 5.74) is 0.455. The average molecular weight is 148 g/mol. The Morgan fingerprint density at radius 3 is 3.36 bits per heavy atom. The van der Waals surface area contributed by atoms with E-state index in [4.69, 9.17) is 0 Å². The van der Waals surface area contributed by atoms with Crippen LogP contribution >= 0.6 is 0 Å². The maximum atomic E-state index is 11.5. The van der Waals surface area contributed by atoms with Crippen LogP contribution in [0.2, 0.25) is 0 Å². The zero-order valence-electron chi connectivity index (χ0n) is 6.55. The van der Waals surface area contributed by atoms with Gasteiger partial charge in [-0.15, -0.1) is 0 Å². The molecule has 0 amide bonds. The molecule has 3 atom stereocenters. The van der Waals surface area contributed by atoms with E-state index in [-0.39, 0.29) is 0 Å². The molecule has 0 N–H and O–H groups in total. The first-order valence-corrected chi connectivity index (χ1v) is 4.55. The fraction of sp³-hybridized carbons (Fsp3) is 0.700. The number of carbonyl (C=O) groups excluding carboxylic acids is 1. The van der Waals surface area contributed by atoms with Crippen molar-refractivity contribution in [2.45, 2.75) is 25.7 Å². The lowest BCUT2D eigenvalue weighted by atomic mass is 9.55. The smallest absolute Gasteiger partial charge is 0.143 e. The molecular weight excluding hydrogens is 136 g/mol. The molecule has 0 radical (unpaired) electrons. The second-order valence-electron chi connectivity index (χ2n) is 4.19. The Morgan fingerprint density at radius 1 is 1.55 bits per heavy atom. The van der Waals surface area contributed by atoms with Crippen molar-refractivity contribution in [1.82, 2.24) is 0 Å². The van der Waals surface area contributed by atoms with E-state index >= 15 is 0 Å². The van der Waals surface area contributed by atoms with Crippen molar-refractivity contribution in [3.63, 3.8) is 0 Å². The molecule has 1 nitrogen and oxygen atoms in total. The van der Waals surface area contributed by atoms with Crippen LogP contribution in [0, 0.1) is 17.3 Å². The highest BCUT2D eigenvalue weighted by molar-refractivity contribution is 5.94. The van der Waals surface area contributed by atoms with Crippen LogP contribution in [0.25, 0.3) is 0 Å². The molecule has 0 bridgehead atoms. The second kappa shape index (κ2) is 1.60. The summed E-state index contributed by atoms with van der Waals surface area (Å²) in [5, 5.41) is 0. The molecule has 0 heterocycles. The molecule has 2 fully saturated rings. The molecule has 0 aliphatic heterocycles. The molecule has 0 aromatic rings. The third-order valence-electron chi connectivity index (χ3n) is 3.92. The van der Waals surface area contributed by atoms with E-state index in [1.807, 2.05) is 0 Å². The third kappa shape index (κ3) is 0.463. The lowest BCUT2D eigenvalue weighted by Gasteiger charge is -2.46. The first kappa shape index (κ1) is 5.99. The topological polar surface area (TPSA) is 17.1 Å². The van der Waals surface area contributed by atoms with Gasteiger partial charge in [-0.2, -0.15) is 0 Å². The lowest BCUT2D eigenvalue weighted by Crippen LogP contribution is -2.51. The number of hydrogen-bond donors (Lipinski definition) is 0. The van der Waals surface area contributed by atoms with E-state index in [2.05, 4.69) is 12.2 Å². The number of carbonyl (C=O) groups is 1. The van der Waals surface area contributed by atoms with E-state index in [0.717, 1.165) is 0 Å². The van der Waals surface area contributed by atoms with Crippen molar-refractivity contribution in [2.24, 2.45) is 17.3 Å². The molecule has 3 rings (SSSR count). The summed E-state index contributed by atoms with van der Waals surface area (Å²) in [4.78, 5) is 11.5. The monoisotopic (exact) mass is 148 g/mol. The van der Waals surface area contributed by atoms with Gasteiger partial charge in [-0.3, -0.25) is 4.79 Å². The van der Waals surface area contributed by atoms with Gasteiger partial charge >= 0.3 is 0 Å². The minimum absolute atomic E-state index is 0.343. The fourth-order valence-corrected chi connectivity index (χ4v) is 3.38. The first-order valence-electron chi connectivity index (χ1n) is 4.55. The largest absolute Gasteiger partial charge is 0.299 e. The molecule has 1 heteroatoms. The van der Waals surface area contributed by atoms with Crippen molar-refractivity contribution in [2.75, 3.05) is 0 Å². The molecule has 1 unspecified atom stereocenters. The van der Waals surface area contributed by atoms with Crippen LogP contribution in [0.4, 0.5) is 0 Å². The van der Waals surface area contributed by atoms with Gasteiger partial charge in [0.2, 0.25) is 0 Å². The highest BCUT2D eigenvalue weighted by atomic mass is 16.1. The van der Waals surface area contributed by atoms with Gasteiger partial charge < -0.3 is 0 Å². The molecule has 0 aromatic heterocycles. The van der Waals surface area contributed by atoms with Gasteiger partial charge in [0.05, 0.1) is 0 Å². The van der Waals surface area contributed by atoms with Crippen molar-refractivity contribution in [3.05, 3.63) is 12.2 Å². The normalized spacial score (nSPS) is 52.2. The Kier molecular flexibility index (Phi) is 0.869. The van der Waals surface area contributed by atoms with Gasteiger partial charge in [0.25, 0.3) is 0 Å². The van der Waals surface area contributed by atoms with Gasteiger partial charge in [-0.1, -0.05) is 18.6 Å². The molecule has 11 heavy (non-hydrogen) atoms. The van der Waals surface area contributed by atoms with Gasteiger partial charge in [0, 0.05) is 11.8 Å². The molecule has 3 aliphatic carbocycles. The Bertz CT molecular complexity index is 254. The molecule has 0 aromatic carbocycles. The number of rotatable bonds is 0. The zero-order valence-corrected chi connectivity index (χ0v) is 6.55. The van der Waals surface area contributed by atoms with Crippen LogP contribution in [0.3, 0.4) is 0 Å². The molecule has 0 saturated heterocycles. The third-order valence-corrected chi connectivity index (χ3v) is 3.92. The van der Waals surface area contributed by atoms with E-state index in [9.17, 15) is 4.79 Å². The number of hydrogen-bond acceptors (Lipinski definition) is 1. The summed E-state index contributed by atoms with van der Waals surface area (Å²) >= 11 is 0. The number of ketones is 1. The lowest BCUT2D eigenvalue weighted by molar-refractivity contribution is -0.146. The summed E-state index contributed by atoms with van der Waals surface area (Å²) < 4.78 is 0. The van der Waals surface area contributed by atoms with Crippen LogP contribution in [0.15, 0.2) is 12.2 Å². The van der Waals surface area contributed by atoms with E-state index < -0.39 is 0 Å². The summed E-state index contributed by atoms with van der Waals surface area (Å²) in [6, 6.07) is 0. The minimum atomic E-state index is 0.343. The Morgan fingerprint density at radius 2 is 2.45 bits per heavy atom. The Labute approximate surface area is 66.5 Å². The van der Waals surface area contributed by atoms with E-state index in [1.165, 1.54) is 25.7 Å². The molecular formula is C10H12O. The molecule has 58 valence electrons. The summed E-state index contributed by atoms with van der Waals surface area (Å²) in [7, 11) is 0. The Hall–Kier alpha value is -0.590. The number of Topliss-reactive ketones (excluding diaryl/α,β-unsaturated/α-hetero) is 1. The summed E-state index contributed by atoms with van der Waals surface area (Å²) in [5.74, 6) is 1.34. The molecule has 1 spiro atoms. The highest BCUT2D eigenvalue weighted by Crippen LogP contribution is 2.63. The van der Waals surface area contributed by atoms with Gasteiger partial charge in [-0.25, -0.2) is 0 Å². The summed E-state index contributed by atoms with van der Waals surface area (Å²) in [6.45, 7) is 0. The van der Waals surface area contributed by atoms with E-state index in [1.54, 1.807) is 0 Å². The standard InChI is InChI=1S/C10H12O/c11-9-7-3-1-5-10(7)6-2-4-8(9)10/h1,3,7-8H,2,4-6H2/t7-,8-,10?/m1/s1. The predicted molar refractivity (Wildman–Crippen MR) is 42.0 cm³/mol. The van der Waals surface area contributed by atoms with Crippen molar-refractivity contribution >= 4 is 5.78 Å². The van der Waals surface area contributed by atoms with Crippen molar-refractivity contribution in [3.8, 4) is 0 Å². The quantitative estimate of drug-likeness (QED) is 0.480. The van der Waals surface area contributed by atoms with Crippen LogP contribution < -0.4 is 0 Å². The predicted octanol–water partition coefficient (Wildman–Crippen LogP) is 1.93. The van der Waals surface area contributed by atoms with Crippen molar-refractivity contribution < 1.29 is 4.79 Å². The SMILES string of the molecule is O=C1[C@H]2C=CCC23CCC[C@H]13. The van der Waals surface area contributed by atoms with Gasteiger partial charge in [-0.05, 0) is 24.7 Å². The maximum Gasteiger partial charge on any atom is 0.143 e. The Balaban J connectivity index is 2.05. The summed E-state index contributed by atoms with van der Waals surface area (Å²) in [6.07, 6.45) is 9.32. The van der Waals surface area contributed by atoms with Crippen LogP contribution in [-0.4, -0.2) is 5.78 Å².